The van der Waals surface area contributed by atoms with Crippen LogP contribution in [0.2, 0.25) is 0 Å². The third-order valence-electron chi connectivity index (χ3n) is 1.38. The maximum absolute atomic E-state index is 9.45. The van der Waals surface area contributed by atoms with Crippen LogP contribution in [-0.4, -0.2) is 112 Å². The summed E-state index contributed by atoms with van der Waals surface area (Å²) in [5.74, 6) is -5.49. The van der Waals surface area contributed by atoms with Crippen molar-refractivity contribution < 1.29 is 89.6 Å². The van der Waals surface area contributed by atoms with Crippen LogP contribution in [0.3, 0.4) is 0 Å². The first-order valence-corrected chi connectivity index (χ1v) is 6.15. The molecule has 0 spiro atoms. The minimum Gasteiger partial charge on any atom is -0.547 e. The Morgan fingerprint density at radius 3 is 0.692 bits per heavy atom. The summed E-state index contributed by atoms with van der Waals surface area (Å²) >= 11 is 0. The molecule has 0 radical (unpaired) electrons. The Kier molecular flexibility index (Phi) is 39.0. The van der Waals surface area contributed by atoms with Gasteiger partial charge in [-0.2, -0.15) is 0 Å². The Hall–Kier alpha value is -0.0203. The zero-order valence-corrected chi connectivity index (χ0v) is 19.3. The molecule has 0 aromatic carbocycles. The van der Waals surface area contributed by atoms with Gasteiger partial charge in [0.25, 0.3) is 0 Å². The van der Waals surface area contributed by atoms with Crippen molar-refractivity contribution in [1.29, 1.82) is 0 Å². The third-order valence-corrected chi connectivity index (χ3v) is 1.38. The van der Waals surface area contributed by atoms with E-state index in [-0.39, 0.29) is 67.3 Å². The van der Waals surface area contributed by atoms with Gasteiger partial charge >= 0.3 is 73.3 Å². The molecule has 0 amide bonds. The van der Waals surface area contributed by atoms with Gasteiger partial charge in [0.15, 0.2) is 0 Å². The summed E-state index contributed by atoms with van der Waals surface area (Å²) in [6.45, 7) is 4.60. The van der Waals surface area contributed by atoms with Crippen LogP contribution < -0.4 is 44.9 Å². The van der Waals surface area contributed by atoms with E-state index in [1.807, 2.05) is 0 Å². The Labute approximate surface area is 201 Å². The summed E-state index contributed by atoms with van der Waals surface area (Å²) in [5, 5.41) is 67.7. The second-order valence-corrected chi connectivity index (χ2v) is 4.00. The molecule has 14 heteroatoms. The molecule has 0 aromatic heterocycles. The molecule has 0 aliphatic carbocycles. The average Bonchev–Trinajstić information content (AvgIpc) is 2.40. The molecule has 4 atom stereocenters. The average molecular weight is 420 g/mol. The van der Waals surface area contributed by atoms with E-state index >= 15 is 0 Å². The number of hydrogen-bond acceptors (Lipinski definition) is 11. The molecule has 0 heterocycles. The van der Waals surface area contributed by atoms with Crippen molar-refractivity contribution in [2.75, 3.05) is 0 Å². The Morgan fingerprint density at radius 2 is 0.692 bits per heavy atom. The van der Waals surface area contributed by atoms with Gasteiger partial charge in [-0.3, -0.25) is 0 Å². The fourth-order valence-electron chi connectivity index (χ4n) is 0. The van der Waals surface area contributed by atoms with Crippen LogP contribution in [0, 0.1) is 0 Å². The molecule has 0 bridgehead atoms. The molecule has 4 unspecified atom stereocenters. The number of aliphatic hydroxyl groups is 4. The van der Waals surface area contributed by atoms with Gasteiger partial charge in [0.2, 0.25) is 0 Å². The van der Waals surface area contributed by atoms with E-state index in [1.54, 1.807) is 0 Å². The van der Waals surface area contributed by atoms with E-state index in [0.29, 0.717) is 0 Å². The van der Waals surface area contributed by atoms with E-state index in [0.717, 1.165) is 20.8 Å². The van der Waals surface area contributed by atoms with Gasteiger partial charge in [-0.1, -0.05) is 0 Å². The van der Waals surface area contributed by atoms with Crippen molar-refractivity contribution in [2.45, 2.75) is 52.1 Å². The van der Waals surface area contributed by atoms with E-state index in [4.69, 9.17) is 25.5 Å². The molecule has 0 fully saturated rings. The van der Waals surface area contributed by atoms with Gasteiger partial charge in [-0.05, 0) is 27.7 Å². The van der Waals surface area contributed by atoms with Crippen LogP contribution in [0.1, 0.15) is 27.7 Å². The number of carboxylic acids is 4. The largest absolute Gasteiger partial charge is 2.00 e. The standard InChI is InChI=1S/4C3H6O3.Ca.Na/c4*1-2(4)3(5)6;;/h4*2,4H,1H3,(H,5,6);;/q;;;;+2;+1/p-3. The van der Waals surface area contributed by atoms with Crippen molar-refractivity contribution in [3.05, 3.63) is 0 Å². The predicted molar refractivity (Wildman–Crippen MR) is 75.1 cm³/mol. The number of aliphatic hydroxyl groups excluding tert-OH is 4. The third kappa shape index (κ3) is 49.6. The maximum atomic E-state index is 9.45. The summed E-state index contributed by atoms with van der Waals surface area (Å²) in [4.78, 5) is 37.5. The molecular weight excluding hydrogens is 399 g/mol. The van der Waals surface area contributed by atoms with Crippen LogP contribution in [0.25, 0.3) is 0 Å². The molecular formula is C12H21CaNaO12. The molecule has 12 nitrogen and oxygen atoms in total. The number of carbonyl (C=O) groups excluding carboxylic acids is 3. The predicted octanol–water partition coefficient (Wildman–Crippen LogP) is -9.57. The molecule has 5 N–H and O–H groups in total. The first-order valence-electron chi connectivity index (χ1n) is 6.15. The van der Waals surface area contributed by atoms with Gasteiger partial charge in [-0.15, -0.1) is 0 Å². The minimum atomic E-state index is -1.44. The summed E-state index contributed by atoms with van der Waals surface area (Å²) in [7, 11) is 0. The van der Waals surface area contributed by atoms with Crippen LogP contribution in [-0.2, 0) is 19.2 Å². The van der Waals surface area contributed by atoms with E-state index in [2.05, 4.69) is 0 Å². The first kappa shape index (κ1) is 40.6. The molecule has 0 aliphatic heterocycles. The second kappa shape index (κ2) is 25.0. The van der Waals surface area contributed by atoms with Crippen molar-refractivity contribution in [3.8, 4) is 0 Å². The number of aliphatic carboxylic acids is 4. The van der Waals surface area contributed by atoms with E-state index < -0.39 is 48.3 Å². The molecule has 0 rings (SSSR count). The number of hydrogen-bond donors (Lipinski definition) is 5. The molecule has 0 aromatic rings. The maximum Gasteiger partial charge on any atom is 2.00 e. The van der Waals surface area contributed by atoms with Crippen LogP contribution >= 0.6 is 0 Å². The summed E-state index contributed by atoms with van der Waals surface area (Å²) in [6, 6.07) is 0. The van der Waals surface area contributed by atoms with Gasteiger partial charge in [0.05, 0.1) is 36.2 Å². The Balaban J connectivity index is -0.0000000500. The smallest absolute Gasteiger partial charge is 0.547 e. The number of carbonyl (C=O) groups is 4. The first-order chi connectivity index (χ1) is 10.6. The SMILES string of the molecule is CC(O)C(=O)O.CC(O)C(=O)[O-].CC(O)C(=O)[O-].CC(O)C(=O)[O-].[Ca+2].[Na+]. The van der Waals surface area contributed by atoms with Crippen LogP contribution in [0.4, 0.5) is 0 Å². The summed E-state index contributed by atoms with van der Waals surface area (Å²) in [6.07, 6.45) is -5.26. The fourth-order valence-corrected chi connectivity index (χ4v) is 0. The summed E-state index contributed by atoms with van der Waals surface area (Å²) in [5.41, 5.74) is 0. The second-order valence-electron chi connectivity index (χ2n) is 4.00. The quantitative estimate of drug-likeness (QED) is 0.266. The van der Waals surface area contributed by atoms with Crippen molar-refractivity contribution in [2.24, 2.45) is 0 Å². The van der Waals surface area contributed by atoms with Gasteiger partial charge in [0.1, 0.15) is 6.10 Å². The molecule has 26 heavy (non-hydrogen) atoms. The normalized spacial score (nSPS) is 12.6. The van der Waals surface area contributed by atoms with Crippen LogP contribution in [0.15, 0.2) is 0 Å². The van der Waals surface area contributed by atoms with Crippen LogP contribution in [0.5, 0.6) is 0 Å². The monoisotopic (exact) mass is 420 g/mol. The molecule has 0 saturated carbocycles. The number of rotatable bonds is 4. The van der Waals surface area contributed by atoms with Gasteiger partial charge in [0, 0.05) is 0 Å². The molecule has 144 valence electrons. The zero-order chi connectivity index (χ0) is 20.6. The van der Waals surface area contributed by atoms with Gasteiger partial charge in [-0.25, -0.2) is 4.79 Å². The fraction of sp³-hybridized carbons (Fsp3) is 0.667. The van der Waals surface area contributed by atoms with Crippen molar-refractivity contribution in [3.63, 3.8) is 0 Å². The summed E-state index contributed by atoms with van der Waals surface area (Å²) < 4.78 is 0. The Bertz CT molecular complexity index is 312. The van der Waals surface area contributed by atoms with Crippen molar-refractivity contribution in [1.82, 2.24) is 0 Å². The van der Waals surface area contributed by atoms with E-state index in [1.165, 1.54) is 6.92 Å². The molecule has 0 aliphatic rings. The topological polar surface area (TPSA) is 239 Å². The Morgan fingerprint density at radius 1 is 0.615 bits per heavy atom. The molecule has 0 saturated heterocycles. The number of carboxylic acid groups (broad SMARTS) is 4. The van der Waals surface area contributed by atoms with E-state index in [9.17, 15) is 34.5 Å². The minimum absolute atomic E-state index is 0. The van der Waals surface area contributed by atoms with Crippen molar-refractivity contribution >= 4 is 61.6 Å². The van der Waals surface area contributed by atoms with Gasteiger partial charge < -0.3 is 55.2 Å². The zero-order valence-electron chi connectivity index (χ0n) is 15.1.